The molecule has 0 saturated heterocycles. The topological polar surface area (TPSA) is 59.2 Å². The molecule has 4 nitrogen and oxygen atoms in total. The Morgan fingerprint density at radius 3 is 2.55 bits per heavy atom. The van der Waals surface area contributed by atoms with Gasteiger partial charge in [-0.2, -0.15) is 16.7 Å². The lowest BCUT2D eigenvalue weighted by molar-refractivity contribution is 0.120. The van der Waals surface area contributed by atoms with Gasteiger partial charge in [0.25, 0.3) is 0 Å². The van der Waals surface area contributed by atoms with E-state index in [0.717, 1.165) is 16.8 Å². The maximum atomic E-state index is 9.85. The van der Waals surface area contributed by atoms with E-state index < -0.39 is 6.10 Å². The third kappa shape index (κ3) is 4.22. The van der Waals surface area contributed by atoms with Crippen LogP contribution in [0.15, 0.2) is 4.52 Å². The number of aromatic nitrogens is 2. The Hall–Kier alpha value is -0.550. The average Bonchev–Trinajstić information content (AvgIpc) is 2.85. The number of nitrogens with zero attached hydrogens (tertiary/aromatic N) is 2. The molecule has 1 fully saturated rings. The molecule has 2 rings (SSSR count). The normalized spacial score (nSPS) is 20.2. The standard InChI is InChI=1S/C15H26N2O2S/c1-10(2)14(11(3)18)15-16-13(17-19-15)9-20-12-7-5-4-6-8-12/h10-12,14,18H,4-9H2,1-3H3. The zero-order chi connectivity index (χ0) is 14.5. The van der Waals surface area contributed by atoms with Crippen molar-refractivity contribution < 1.29 is 9.63 Å². The van der Waals surface area contributed by atoms with Crippen LogP contribution in [-0.2, 0) is 5.75 Å². The van der Waals surface area contributed by atoms with Crippen molar-refractivity contribution in [1.82, 2.24) is 10.1 Å². The van der Waals surface area contributed by atoms with Gasteiger partial charge in [-0.3, -0.25) is 0 Å². The van der Waals surface area contributed by atoms with E-state index in [1.807, 2.05) is 11.8 Å². The molecule has 0 amide bonds. The first-order chi connectivity index (χ1) is 9.58. The second-order valence-corrected chi connectivity index (χ2v) is 7.42. The van der Waals surface area contributed by atoms with Gasteiger partial charge in [0.1, 0.15) is 0 Å². The van der Waals surface area contributed by atoms with E-state index in [0.29, 0.717) is 5.89 Å². The lowest BCUT2D eigenvalue weighted by atomic mass is 9.91. The predicted molar refractivity (Wildman–Crippen MR) is 81.7 cm³/mol. The Balaban J connectivity index is 1.90. The Kier molecular flexibility index (Phi) is 5.90. The number of thioether (sulfide) groups is 1. The van der Waals surface area contributed by atoms with Gasteiger partial charge in [0.05, 0.1) is 17.8 Å². The van der Waals surface area contributed by atoms with E-state index in [1.165, 1.54) is 32.1 Å². The predicted octanol–water partition coefficient (Wildman–Crippen LogP) is 3.76. The molecule has 0 radical (unpaired) electrons. The van der Waals surface area contributed by atoms with Crippen molar-refractivity contribution in [2.75, 3.05) is 0 Å². The quantitative estimate of drug-likeness (QED) is 0.866. The molecule has 1 aromatic rings. The molecular formula is C15H26N2O2S. The minimum absolute atomic E-state index is 0.0732. The van der Waals surface area contributed by atoms with Crippen molar-refractivity contribution in [3.8, 4) is 0 Å². The Labute approximate surface area is 125 Å². The third-order valence-electron chi connectivity index (χ3n) is 4.01. The van der Waals surface area contributed by atoms with Crippen LogP contribution in [0.4, 0.5) is 0 Å². The molecule has 0 aliphatic heterocycles. The summed E-state index contributed by atoms with van der Waals surface area (Å²) in [7, 11) is 0. The molecule has 2 atom stereocenters. The van der Waals surface area contributed by atoms with E-state index in [4.69, 9.17) is 4.52 Å². The minimum atomic E-state index is -0.464. The molecular weight excluding hydrogens is 272 g/mol. The van der Waals surface area contributed by atoms with Crippen molar-refractivity contribution in [2.24, 2.45) is 5.92 Å². The molecule has 1 saturated carbocycles. The maximum Gasteiger partial charge on any atom is 0.232 e. The summed E-state index contributed by atoms with van der Waals surface area (Å²) in [5.41, 5.74) is 0. The molecule has 5 heteroatoms. The summed E-state index contributed by atoms with van der Waals surface area (Å²) in [4.78, 5) is 4.48. The smallest absolute Gasteiger partial charge is 0.232 e. The molecule has 0 bridgehead atoms. The number of hydrogen-bond acceptors (Lipinski definition) is 5. The van der Waals surface area contributed by atoms with Crippen LogP contribution in [0, 0.1) is 5.92 Å². The lowest BCUT2D eigenvalue weighted by Crippen LogP contribution is -2.20. The largest absolute Gasteiger partial charge is 0.393 e. The van der Waals surface area contributed by atoms with Gasteiger partial charge in [-0.05, 0) is 25.7 Å². The summed E-state index contributed by atoms with van der Waals surface area (Å²) < 4.78 is 5.35. The summed E-state index contributed by atoms with van der Waals surface area (Å²) in [6.45, 7) is 5.92. The SMILES string of the molecule is CC(C)C(c1nc(CSC2CCCCC2)no1)C(C)O. The highest BCUT2D eigenvalue weighted by atomic mass is 32.2. The van der Waals surface area contributed by atoms with Crippen LogP contribution in [0.3, 0.4) is 0 Å². The van der Waals surface area contributed by atoms with Crippen molar-refractivity contribution in [2.45, 2.75) is 75.9 Å². The fourth-order valence-electron chi connectivity index (χ4n) is 2.93. The average molecular weight is 298 g/mol. The van der Waals surface area contributed by atoms with Gasteiger partial charge in [0.15, 0.2) is 5.82 Å². The number of aliphatic hydroxyl groups is 1. The molecule has 0 aromatic carbocycles. The number of rotatable bonds is 6. The molecule has 114 valence electrons. The number of aliphatic hydroxyl groups excluding tert-OH is 1. The second kappa shape index (κ2) is 7.46. The summed E-state index contributed by atoms with van der Waals surface area (Å²) >= 11 is 1.94. The first-order valence-corrected chi connectivity index (χ1v) is 8.75. The second-order valence-electron chi connectivity index (χ2n) is 6.13. The molecule has 0 spiro atoms. The molecule has 2 unspecified atom stereocenters. The molecule has 1 heterocycles. The van der Waals surface area contributed by atoms with E-state index in [2.05, 4.69) is 24.0 Å². The van der Waals surface area contributed by atoms with Gasteiger partial charge in [-0.15, -0.1) is 0 Å². The first kappa shape index (κ1) is 15.8. The monoisotopic (exact) mass is 298 g/mol. The molecule has 1 aliphatic carbocycles. The van der Waals surface area contributed by atoms with Crippen LogP contribution in [0.1, 0.15) is 70.5 Å². The zero-order valence-corrected chi connectivity index (χ0v) is 13.5. The number of hydrogen-bond donors (Lipinski definition) is 1. The van der Waals surface area contributed by atoms with Crippen molar-refractivity contribution in [3.63, 3.8) is 0 Å². The van der Waals surface area contributed by atoms with Crippen LogP contribution in [0.25, 0.3) is 0 Å². The van der Waals surface area contributed by atoms with E-state index in [-0.39, 0.29) is 11.8 Å². The molecule has 1 N–H and O–H groups in total. The van der Waals surface area contributed by atoms with Crippen LogP contribution in [-0.4, -0.2) is 26.6 Å². The van der Waals surface area contributed by atoms with Gasteiger partial charge in [-0.1, -0.05) is 38.3 Å². The van der Waals surface area contributed by atoms with Crippen molar-refractivity contribution in [1.29, 1.82) is 0 Å². The van der Waals surface area contributed by atoms with Gasteiger partial charge in [0.2, 0.25) is 5.89 Å². The highest BCUT2D eigenvalue weighted by Crippen LogP contribution is 2.31. The summed E-state index contributed by atoms with van der Waals surface area (Å²) in [5.74, 6) is 2.38. The van der Waals surface area contributed by atoms with Crippen LogP contribution < -0.4 is 0 Å². The van der Waals surface area contributed by atoms with E-state index in [9.17, 15) is 5.11 Å². The fourth-order valence-corrected chi connectivity index (χ4v) is 4.10. The minimum Gasteiger partial charge on any atom is -0.393 e. The summed E-state index contributed by atoms with van der Waals surface area (Å²) in [6, 6.07) is 0. The van der Waals surface area contributed by atoms with Crippen LogP contribution in [0.2, 0.25) is 0 Å². The summed E-state index contributed by atoms with van der Waals surface area (Å²) in [6.07, 6.45) is 6.26. The third-order valence-corrected chi connectivity index (χ3v) is 5.37. The van der Waals surface area contributed by atoms with Crippen molar-refractivity contribution >= 4 is 11.8 Å². The van der Waals surface area contributed by atoms with Gasteiger partial charge < -0.3 is 9.63 Å². The van der Waals surface area contributed by atoms with Gasteiger partial charge in [0, 0.05) is 5.25 Å². The summed E-state index contributed by atoms with van der Waals surface area (Å²) in [5, 5.41) is 14.7. The van der Waals surface area contributed by atoms with Crippen LogP contribution in [0.5, 0.6) is 0 Å². The highest BCUT2D eigenvalue weighted by Gasteiger charge is 2.27. The molecule has 1 aliphatic rings. The van der Waals surface area contributed by atoms with E-state index in [1.54, 1.807) is 6.92 Å². The van der Waals surface area contributed by atoms with Gasteiger partial charge in [-0.25, -0.2) is 0 Å². The lowest BCUT2D eigenvalue weighted by Gasteiger charge is -2.20. The first-order valence-electron chi connectivity index (χ1n) is 7.70. The molecule has 20 heavy (non-hydrogen) atoms. The van der Waals surface area contributed by atoms with Gasteiger partial charge >= 0.3 is 0 Å². The zero-order valence-electron chi connectivity index (χ0n) is 12.7. The van der Waals surface area contributed by atoms with Crippen LogP contribution >= 0.6 is 11.8 Å². The Morgan fingerprint density at radius 1 is 1.25 bits per heavy atom. The van der Waals surface area contributed by atoms with Crippen molar-refractivity contribution in [3.05, 3.63) is 11.7 Å². The Morgan fingerprint density at radius 2 is 1.95 bits per heavy atom. The Bertz CT molecular complexity index is 392. The molecule has 1 aromatic heterocycles. The maximum absolute atomic E-state index is 9.85. The van der Waals surface area contributed by atoms with E-state index >= 15 is 0 Å². The highest BCUT2D eigenvalue weighted by molar-refractivity contribution is 7.99. The fraction of sp³-hybridized carbons (Fsp3) is 0.867.